The van der Waals surface area contributed by atoms with E-state index in [1.165, 1.54) is 0 Å². The highest BCUT2D eigenvalue weighted by molar-refractivity contribution is 6.30. The van der Waals surface area contributed by atoms with Gasteiger partial charge in [-0.2, -0.15) is 4.98 Å². The molecule has 0 aliphatic rings. The fourth-order valence-corrected chi connectivity index (χ4v) is 2.02. The van der Waals surface area contributed by atoms with Gasteiger partial charge in [-0.25, -0.2) is 4.98 Å². The lowest BCUT2D eigenvalue weighted by Gasteiger charge is -2.11. The van der Waals surface area contributed by atoms with Crippen LogP contribution in [0.1, 0.15) is 23.9 Å². The van der Waals surface area contributed by atoms with E-state index in [9.17, 15) is 0 Å². The second kappa shape index (κ2) is 5.83. The molecule has 1 heterocycles. The molecular weight excluding hydrogens is 248 g/mol. The molecule has 0 saturated heterocycles. The van der Waals surface area contributed by atoms with Gasteiger partial charge in [0.2, 0.25) is 5.88 Å². The summed E-state index contributed by atoms with van der Waals surface area (Å²) < 4.78 is 5.74. The average Bonchev–Trinajstić information content (AvgIpc) is 2.37. The summed E-state index contributed by atoms with van der Waals surface area (Å²) >= 11 is 6.09. The third-order valence-corrected chi connectivity index (χ3v) is 2.92. The molecule has 0 aliphatic carbocycles. The van der Waals surface area contributed by atoms with E-state index in [1.54, 1.807) is 6.92 Å². The largest absolute Gasteiger partial charge is 0.472 e. The predicted octanol–water partition coefficient (Wildman–Crippen LogP) is 3.58. The monoisotopic (exact) mass is 262 g/mol. The maximum Gasteiger partial charge on any atom is 0.221 e. The van der Waals surface area contributed by atoms with E-state index in [-0.39, 0.29) is 0 Å². The van der Waals surface area contributed by atoms with Gasteiger partial charge in [0.1, 0.15) is 17.6 Å². The molecule has 0 amide bonds. The molecule has 0 spiro atoms. The quantitative estimate of drug-likeness (QED) is 0.790. The zero-order valence-electron chi connectivity index (χ0n) is 10.5. The van der Waals surface area contributed by atoms with Crippen molar-refractivity contribution in [3.05, 3.63) is 52.4 Å². The highest BCUT2D eigenvalue weighted by Gasteiger charge is 2.11. The summed E-state index contributed by atoms with van der Waals surface area (Å²) in [6.45, 7) is 4.30. The first kappa shape index (κ1) is 12.8. The van der Waals surface area contributed by atoms with Gasteiger partial charge in [0.15, 0.2) is 0 Å². The maximum atomic E-state index is 6.09. The van der Waals surface area contributed by atoms with Gasteiger partial charge in [0.25, 0.3) is 0 Å². The highest BCUT2D eigenvalue weighted by atomic mass is 35.5. The van der Waals surface area contributed by atoms with Crippen molar-refractivity contribution in [2.45, 2.75) is 26.9 Å². The molecule has 18 heavy (non-hydrogen) atoms. The smallest absolute Gasteiger partial charge is 0.221 e. The fraction of sp³-hybridized carbons (Fsp3) is 0.286. The normalized spacial score (nSPS) is 10.4. The van der Waals surface area contributed by atoms with Crippen molar-refractivity contribution in [1.82, 2.24) is 9.97 Å². The number of ether oxygens (including phenoxy) is 1. The molecule has 3 nitrogen and oxygen atoms in total. The van der Waals surface area contributed by atoms with Crippen molar-refractivity contribution < 1.29 is 4.74 Å². The maximum absolute atomic E-state index is 6.09. The summed E-state index contributed by atoms with van der Waals surface area (Å²) in [4.78, 5) is 8.44. The van der Waals surface area contributed by atoms with Gasteiger partial charge in [-0.3, -0.25) is 0 Å². The molecule has 1 aromatic heterocycles. The van der Waals surface area contributed by atoms with Crippen molar-refractivity contribution in [1.29, 1.82) is 0 Å². The van der Waals surface area contributed by atoms with Crippen LogP contribution in [0, 0.1) is 6.92 Å². The van der Waals surface area contributed by atoms with Crippen molar-refractivity contribution in [2.24, 2.45) is 0 Å². The Morgan fingerprint density at radius 2 is 1.89 bits per heavy atom. The predicted molar refractivity (Wildman–Crippen MR) is 71.9 cm³/mol. The van der Waals surface area contributed by atoms with Gasteiger partial charge in [-0.05, 0) is 18.9 Å². The molecule has 0 fully saturated rings. The Labute approximate surface area is 112 Å². The number of aromatic nitrogens is 2. The standard InChI is InChI=1S/C14H15ClN2O/c1-3-12-13(15)16-10(2)17-14(12)18-9-11-7-5-4-6-8-11/h4-8H,3,9H2,1-2H3. The minimum absolute atomic E-state index is 0.480. The van der Waals surface area contributed by atoms with E-state index in [4.69, 9.17) is 16.3 Å². The molecule has 0 radical (unpaired) electrons. The Morgan fingerprint density at radius 3 is 2.56 bits per heavy atom. The zero-order chi connectivity index (χ0) is 13.0. The molecule has 0 saturated carbocycles. The van der Waals surface area contributed by atoms with Crippen LogP contribution in [0.5, 0.6) is 5.88 Å². The number of benzene rings is 1. The van der Waals surface area contributed by atoms with Crippen LogP contribution in [0.2, 0.25) is 5.15 Å². The lowest BCUT2D eigenvalue weighted by molar-refractivity contribution is 0.289. The third-order valence-electron chi connectivity index (χ3n) is 2.60. The molecule has 0 bridgehead atoms. The van der Waals surface area contributed by atoms with Crippen LogP contribution < -0.4 is 4.74 Å². The second-order valence-corrected chi connectivity index (χ2v) is 4.33. The number of nitrogens with zero attached hydrogens (tertiary/aromatic N) is 2. The van der Waals surface area contributed by atoms with Gasteiger partial charge in [-0.1, -0.05) is 48.9 Å². The molecule has 94 valence electrons. The average molecular weight is 263 g/mol. The van der Waals surface area contributed by atoms with Crippen molar-refractivity contribution >= 4 is 11.6 Å². The Kier molecular flexibility index (Phi) is 4.15. The van der Waals surface area contributed by atoms with Crippen LogP contribution in [0.3, 0.4) is 0 Å². The zero-order valence-corrected chi connectivity index (χ0v) is 11.2. The van der Waals surface area contributed by atoms with Crippen LogP contribution >= 0.6 is 11.6 Å². The third kappa shape index (κ3) is 2.99. The van der Waals surface area contributed by atoms with Crippen LogP contribution in [0.4, 0.5) is 0 Å². The first-order chi connectivity index (χ1) is 8.70. The van der Waals surface area contributed by atoms with Crippen LogP contribution in [0.15, 0.2) is 30.3 Å². The molecule has 4 heteroatoms. The van der Waals surface area contributed by atoms with Crippen LogP contribution in [0.25, 0.3) is 0 Å². The lowest BCUT2D eigenvalue weighted by atomic mass is 10.2. The number of hydrogen-bond donors (Lipinski definition) is 0. The number of rotatable bonds is 4. The number of halogens is 1. The van der Waals surface area contributed by atoms with Gasteiger partial charge in [0, 0.05) is 0 Å². The van der Waals surface area contributed by atoms with E-state index in [0.29, 0.717) is 23.5 Å². The number of aryl methyl sites for hydroxylation is 1. The first-order valence-electron chi connectivity index (χ1n) is 5.90. The van der Waals surface area contributed by atoms with Crippen molar-refractivity contribution in [2.75, 3.05) is 0 Å². The molecule has 2 aromatic rings. The molecule has 1 aromatic carbocycles. The minimum Gasteiger partial charge on any atom is -0.472 e. The second-order valence-electron chi connectivity index (χ2n) is 3.97. The number of hydrogen-bond acceptors (Lipinski definition) is 3. The molecule has 0 atom stereocenters. The molecular formula is C14H15ClN2O. The lowest BCUT2D eigenvalue weighted by Crippen LogP contribution is -2.04. The van der Waals surface area contributed by atoms with Gasteiger partial charge in [0.05, 0.1) is 5.56 Å². The summed E-state index contributed by atoms with van der Waals surface area (Å²) in [6, 6.07) is 9.98. The molecule has 2 rings (SSSR count). The van der Waals surface area contributed by atoms with Gasteiger partial charge >= 0.3 is 0 Å². The molecule has 0 unspecified atom stereocenters. The van der Waals surface area contributed by atoms with Gasteiger partial charge < -0.3 is 4.74 Å². The first-order valence-corrected chi connectivity index (χ1v) is 6.28. The summed E-state index contributed by atoms with van der Waals surface area (Å²) in [6.07, 6.45) is 0.753. The van der Waals surface area contributed by atoms with E-state index in [1.807, 2.05) is 37.3 Å². The minimum atomic E-state index is 0.480. The Balaban J connectivity index is 2.18. The highest BCUT2D eigenvalue weighted by Crippen LogP contribution is 2.24. The topological polar surface area (TPSA) is 35.0 Å². The van der Waals surface area contributed by atoms with E-state index in [2.05, 4.69) is 9.97 Å². The summed E-state index contributed by atoms with van der Waals surface area (Å²) in [5, 5.41) is 0.480. The summed E-state index contributed by atoms with van der Waals surface area (Å²) in [5.74, 6) is 1.21. The van der Waals surface area contributed by atoms with E-state index in [0.717, 1.165) is 17.5 Å². The molecule has 0 N–H and O–H groups in total. The van der Waals surface area contributed by atoms with Crippen LogP contribution in [-0.4, -0.2) is 9.97 Å². The van der Waals surface area contributed by atoms with Crippen LogP contribution in [-0.2, 0) is 13.0 Å². The Morgan fingerprint density at radius 1 is 1.17 bits per heavy atom. The van der Waals surface area contributed by atoms with Crippen molar-refractivity contribution in [3.63, 3.8) is 0 Å². The molecule has 0 aliphatic heterocycles. The SMILES string of the molecule is CCc1c(Cl)nc(C)nc1OCc1ccccc1. The Bertz CT molecular complexity index is 529. The van der Waals surface area contributed by atoms with Gasteiger partial charge in [-0.15, -0.1) is 0 Å². The fourth-order valence-electron chi connectivity index (χ4n) is 1.68. The Hall–Kier alpha value is -1.61. The van der Waals surface area contributed by atoms with Crippen molar-refractivity contribution in [3.8, 4) is 5.88 Å². The van der Waals surface area contributed by atoms with E-state index < -0.39 is 0 Å². The summed E-state index contributed by atoms with van der Waals surface area (Å²) in [5.41, 5.74) is 1.96. The van der Waals surface area contributed by atoms with E-state index >= 15 is 0 Å². The summed E-state index contributed by atoms with van der Waals surface area (Å²) in [7, 11) is 0.